The van der Waals surface area contributed by atoms with E-state index in [9.17, 15) is 0 Å². The van der Waals surface area contributed by atoms with Crippen molar-refractivity contribution >= 4 is 47.0 Å². The number of fused-ring (bicyclic) bond motifs is 1. The maximum atomic E-state index is 5.95. The molecule has 0 radical (unpaired) electrons. The van der Waals surface area contributed by atoms with E-state index in [1.54, 1.807) is 11.3 Å². The number of thiazole rings is 1. The van der Waals surface area contributed by atoms with Gasteiger partial charge in [0.15, 0.2) is 5.96 Å². The minimum atomic E-state index is 0. The Hall–Kier alpha value is -1.15. The van der Waals surface area contributed by atoms with E-state index >= 15 is 0 Å². The van der Waals surface area contributed by atoms with E-state index in [1.165, 1.54) is 35.3 Å². The quantitative estimate of drug-likeness (QED) is 0.443. The highest BCUT2D eigenvalue weighted by Crippen LogP contribution is 2.24. The Bertz CT molecular complexity index is 666. The first-order valence-electron chi connectivity index (χ1n) is 7.37. The van der Waals surface area contributed by atoms with Gasteiger partial charge in [0.25, 0.3) is 0 Å². The molecule has 4 nitrogen and oxygen atoms in total. The van der Waals surface area contributed by atoms with Gasteiger partial charge in [0.05, 0.1) is 6.54 Å². The number of rotatable bonds is 4. The Morgan fingerprint density at radius 2 is 2.18 bits per heavy atom. The van der Waals surface area contributed by atoms with Crippen molar-refractivity contribution in [3.63, 3.8) is 0 Å². The topological polar surface area (TPSA) is 63.3 Å². The van der Waals surface area contributed by atoms with Gasteiger partial charge in [-0.3, -0.25) is 0 Å². The molecular weight excluding hydrogens is 407 g/mol. The second kappa shape index (κ2) is 7.92. The number of hydrogen-bond acceptors (Lipinski definition) is 3. The Labute approximate surface area is 152 Å². The average molecular weight is 428 g/mol. The van der Waals surface area contributed by atoms with Crippen LogP contribution in [0, 0.1) is 0 Å². The molecule has 0 fully saturated rings. The Balaban J connectivity index is 0.00000176. The van der Waals surface area contributed by atoms with E-state index in [4.69, 9.17) is 5.73 Å². The number of halogens is 1. The molecule has 2 aromatic rings. The molecule has 0 saturated carbocycles. The maximum Gasteiger partial charge on any atom is 0.193 e. The van der Waals surface area contributed by atoms with Crippen molar-refractivity contribution in [1.82, 2.24) is 4.98 Å². The van der Waals surface area contributed by atoms with Gasteiger partial charge in [-0.25, -0.2) is 9.98 Å². The third-order valence-corrected chi connectivity index (χ3v) is 4.83. The van der Waals surface area contributed by atoms with E-state index in [0.717, 1.165) is 17.1 Å². The number of aliphatic imine (C=N–C) groups is 1. The van der Waals surface area contributed by atoms with Crippen LogP contribution >= 0.6 is 35.3 Å². The molecule has 0 amide bonds. The highest BCUT2D eigenvalue weighted by molar-refractivity contribution is 14.0. The monoisotopic (exact) mass is 428 g/mol. The number of guanidine groups is 1. The molecule has 22 heavy (non-hydrogen) atoms. The molecular formula is C16H21IN4S. The third kappa shape index (κ3) is 4.19. The van der Waals surface area contributed by atoms with Crippen molar-refractivity contribution in [2.24, 2.45) is 10.7 Å². The number of nitrogens with one attached hydrogen (secondary N) is 1. The van der Waals surface area contributed by atoms with Gasteiger partial charge in [0, 0.05) is 16.8 Å². The molecule has 0 saturated heterocycles. The molecule has 1 aliphatic carbocycles. The summed E-state index contributed by atoms with van der Waals surface area (Å²) < 4.78 is 0. The van der Waals surface area contributed by atoms with Crippen LogP contribution in [0.5, 0.6) is 0 Å². The molecule has 1 heterocycles. The lowest BCUT2D eigenvalue weighted by molar-refractivity contribution is 0.912. The van der Waals surface area contributed by atoms with Crippen molar-refractivity contribution < 1.29 is 0 Å². The van der Waals surface area contributed by atoms with E-state index in [2.05, 4.69) is 40.4 Å². The summed E-state index contributed by atoms with van der Waals surface area (Å²) in [6.45, 7) is 2.67. The van der Waals surface area contributed by atoms with Gasteiger partial charge in [-0.1, -0.05) is 13.0 Å². The number of aryl methyl sites for hydroxylation is 3. The molecule has 6 heteroatoms. The predicted molar refractivity (Wildman–Crippen MR) is 104 cm³/mol. The molecule has 0 aliphatic heterocycles. The molecule has 3 N–H and O–H groups in total. The second-order valence-corrected chi connectivity index (χ2v) is 6.44. The largest absolute Gasteiger partial charge is 0.370 e. The number of benzene rings is 1. The lowest BCUT2D eigenvalue weighted by Crippen LogP contribution is -2.22. The summed E-state index contributed by atoms with van der Waals surface area (Å²) >= 11 is 1.70. The zero-order valence-corrected chi connectivity index (χ0v) is 15.8. The third-order valence-electron chi connectivity index (χ3n) is 3.71. The predicted octanol–water partition coefficient (Wildman–Crippen LogP) is 3.74. The summed E-state index contributed by atoms with van der Waals surface area (Å²) in [5.74, 6) is 0.446. The fourth-order valence-corrected chi connectivity index (χ4v) is 3.36. The summed E-state index contributed by atoms with van der Waals surface area (Å²) in [6.07, 6.45) is 6.56. The first-order valence-corrected chi connectivity index (χ1v) is 8.18. The molecule has 0 unspecified atom stereocenters. The lowest BCUT2D eigenvalue weighted by Gasteiger charge is -2.07. The molecule has 118 valence electrons. The van der Waals surface area contributed by atoms with Crippen molar-refractivity contribution in [3.05, 3.63) is 45.4 Å². The summed E-state index contributed by atoms with van der Waals surface area (Å²) in [5, 5.41) is 4.17. The number of anilines is 1. The second-order valence-electron chi connectivity index (χ2n) is 5.24. The Morgan fingerprint density at radius 3 is 2.95 bits per heavy atom. The highest BCUT2D eigenvalue weighted by Gasteiger charge is 2.10. The first kappa shape index (κ1) is 17.2. The minimum absolute atomic E-state index is 0. The highest BCUT2D eigenvalue weighted by atomic mass is 127. The van der Waals surface area contributed by atoms with Crippen LogP contribution in [-0.2, 0) is 25.8 Å². The number of nitrogens with zero attached hydrogens (tertiary/aromatic N) is 2. The zero-order chi connectivity index (χ0) is 14.7. The fourth-order valence-electron chi connectivity index (χ4n) is 2.57. The summed E-state index contributed by atoms with van der Waals surface area (Å²) in [4.78, 5) is 9.99. The first-order chi connectivity index (χ1) is 10.2. The van der Waals surface area contributed by atoms with Crippen LogP contribution in [0.1, 0.15) is 34.4 Å². The fraction of sp³-hybridized carbons (Fsp3) is 0.375. The normalized spacial score (nSPS) is 13.6. The Kier molecular flexibility index (Phi) is 6.19. The lowest BCUT2D eigenvalue weighted by atomic mass is 10.1. The van der Waals surface area contributed by atoms with Crippen LogP contribution in [0.4, 0.5) is 5.69 Å². The van der Waals surface area contributed by atoms with Gasteiger partial charge in [0.2, 0.25) is 0 Å². The van der Waals surface area contributed by atoms with E-state index in [1.807, 2.05) is 6.20 Å². The molecule has 0 spiro atoms. The van der Waals surface area contributed by atoms with Crippen LogP contribution in [-0.4, -0.2) is 10.9 Å². The van der Waals surface area contributed by atoms with E-state index in [0.29, 0.717) is 12.5 Å². The summed E-state index contributed by atoms with van der Waals surface area (Å²) in [7, 11) is 0. The van der Waals surface area contributed by atoms with Crippen molar-refractivity contribution in [2.45, 2.75) is 39.2 Å². The van der Waals surface area contributed by atoms with Gasteiger partial charge in [-0.05, 0) is 48.9 Å². The van der Waals surface area contributed by atoms with Crippen molar-refractivity contribution in [2.75, 3.05) is 5.32 Å². The Morgan fingerprint density at radius 1 is 1.36 bits per heavy atom. The number of nitrogens with two attached hydrogens (primary N) is 1. The van der Waals surface area contributed by atoms with Crippen LogP contribution in [0.25, 0.3) is 0 Å². The van der Waals surface area contributed by atoms with Crippen molar-refractivity contribution in [1.29, 1.82) is 0 Å². The molecule has 1 aromatic carbocycles. The minimum Gasteiger partial charge on any atom is -0.370 e. The van der Waals surface area contributed by atoms with Gasteiger partial charge >= 0.3 is 0 Å². The molecule has 1 aliphatic rings. The van der Waals surface area contributed by atoms with E-state index < -0.39 is 0 Å². The zero-order valence-electron chi connectivity index (χ0n) is 12.6. The number of hydrogen-bond donors (Lipinski definition) is 2. The molecule has 3 rings (SSSR count). The van der Waals surface area contributed by atoms with Crippen molar-refractivity contribution in [3.8, 4) is 0 Å². The van der Waals surface area contributed by atoms with Gasteiger partial charge in [-0.2, -0.15) is 0 Å². The maximum absolute atomic E-state index is 5.95. The van der Waals surface area contributed by atoms with Crippen LogP contribution < -0.4 is 11.1 Å². The number of aromatic nitrogens is 1. The van der Waals surface area contributed by atoms with Crippen LogP contribution in [0.3, 0.4) is 0 Å². The van der Waals surface area contributed by atoms with Gasteiger partial charge < -0.3 is 11.1 Å². The standard InChI is InChI=1S/C16H20N4S.HI/c1-2-14-9-18-15(21-14)10-19-16(17)20-13-7-6-11-4-3-5-12(11)8-13;/h6-9H,2-5,10H2,1H3,(H3,17,19,20);1H. The smallest absolute Gasteiger partial charge is 0.193 e. The summed E-state index contributed by atoms with van der Waals surface area (Å²) in [5.41, 5.74) is 9.87. The average Bonchev–Trinajstić information content (AvgIpc) is 3.13. The molecule has 0 bridgehead atoms. The van der Waals surface area contributed by atoms with Gasteiger partial charge in [-0.15, -0.1) is 35.3 Å². The van der Waals surface area contributed by atoms with Crippen LogP contribution in [0.15, 0.2) is 29.4 Å². The van der Waals surface area contributed by atoms with E-state index in [-0.39, 0.29) is 24.0 Å². The molecule has 0 atom stereocenters. The SMILES string of the molecule is CCc1cnc(CN=C(N)Nc2ccc3c(c2)CCC3)s1.I. The van der Waals surface area contributed by atoms with Gasteiger partial charge in [0.1, 0.15) is 5.01 Å². The molecule has 1 aromatic heterocycles. The van der Waals surface area contributed by atoms with Crippen LogP contribution in [0.2, 0.25) is 0 Å². The summed E-state index contributed by atoms with van der Waals surface area (Å²) in [6, 6.07) is 6.45.